The number of carbonyl (C=O) groups excluding carboxylic acids is 1. The van der Waals surface area contributed by atoms with Gasteiger partial charge in [-0.3, -0.25) is 4.79 Å². The summed E-state index contributed by atoms with van der Waals surface area (Å²) < 4.78 is 10.5. The van der Waals surface area contributed by atoms with Gasteiger partial charge in [-0.1, -0.05) is 17.7 Å². The molecule has 4 nitrogen and oxygen atoms in total. The van der Waals surface area contributed by atoms with Gasteiger partial charge in [0, 0.05) is 33.8 Å². The standard InChI is InChI=1S/C16H14ClNO3S/c17-11-2-1-3-13(8-11)22-7-6-16(19)18-12-4-5-14-15(9-12)21-10-20-14/h1-5,8-9H,6-7,10H2,(H,18,19). The first kappa shape index (κ1) is 15.1. The number of ether oxygens (including phenoxy) is 2. The van der Waals surface area contributed by atoms with Crippen molar-refractivity contribution in [3.05, 3.63) is 47.5 Å². The molecule has 0 unspecified atom stereocenters. The molecule has 1 N–H and O–H groups in total. The number of thioether (sulfide) groups is 1. The maximum Gasteiger partial charge on any atom is 0.231 e. The second-order valence-corrected chi connectivity index (χ2v) is 6.28. The first-order valence-corrected chi connectivity index (χ1v) is 8.15. The Morgan fingerprint density at radius 3 is 2.91 bits per heavy atom. The van der Waals surface area contributed by atoms with Gasteiger partial charge in [0.1, 0.15) is 0 Å². The van der Waals surface area contributed by atoms with Crippen molar-refractivity contribution in [1.29, 1.82) is 0 Å². The first-order valence-electron chi connectivity index (χ1n) is 6.78. The predicted molar refractivity (Wildman–Crippen MR) is 88.0 cm³/mol. The molecule has 22 heavy (non-hydrogen) atoms. The molecule has 2 aromatic rings. The van der Waals surface area contributed by atoms with Gasteiger partial charge < -0.3 is 14.8 Å². The zero-order valence-corrected chi connectivity index (χ0v) is 13.2. The molecule has 1 heterocycles. The van der Waals surface area contributed by atoms with Gasteiger partial charge in [0.05, 0.1) is 0 Å². The zero-order chi connectivity index (χ0) is 15.4. The molecule has 0 radical (unpaired) electrons. The third kappa shape index (κ3) is 3.87. The van der Waals surface area contributed by atoms with E-state index in [9.17, 15) is 4.79 Å². The van der Waals surface area contributed by atoms with Gasteiger partial charge in [0.15, 0.2) is 11.5 Å². The van der Waals surface area contributed by atoms with Crippen molar-refractivity contribution >= 4 is 35.0 Å². The average Bonchev–Trinajstić information content (AvgIpc) is 2.95. The summed E-state index contributed by atoms with van der Waals surface area (Å²) in [4.78, 5) is 13.0. The fourth-order valence-corrected chi connectivity index (χ4v) is 3.18. The van der Waals surface area contributed by atoms with E-state index in [1.165, 1.54) is 0 Å². The van der Waals surface area contributed by atoms with Gasteiger partial charge in [-0.2, -0.15) is 0 Å². The number of hydrogen-bond donors (Lipinski definition) is 1. The monoisotopic (exact) mass is 335 g/mol. The van der Waals surface area contributed by atoms with Crippen molar-refractivity contribution in [2.24, 2.45) is 0 Å². The number of amides is 1. The highest BCUT2D eigenvalue weighted by Crippen LogP contribution is 2.34. The van der Waals surface area contributed by atoms with Gasteiger partial charge in [-0.05, 0) is 30.3 Å². The summed E-state index contributed by atoms with van der Waals surface area (Å²) in [5.74, 6) is 2.02. The van der Waals surface area contributed by atoms with E-state index in [0.717, 1.165) is 4.90 Å². The van der Waals surface area contributed by atoms with Crippen LogP contribution in [0.15, 0.2) is 47.4 Å². The minimum atomic E-state index is -0.0339. The molecule has 0 aromatic heterocycles. The van der Waals surface area contributed by atoms with Crippen LogP contribution in [-0.4, -0.2) is 18.5 Å². The number of fused-ring (bicyclic) bond motifs is 1. The van der Waals surface area contributed by atoms with Crippen LogP contribution < -0.4 is 14.8 Å². The number of anilines is 1. The SMILES string of the molecule is O=C(CCSc1cccc(Cl)c1)Nc1ccc2c(c1)OCO2. The van der Waals surface area contributed by atoms with Gasteiger partial charge in [0.2, 0.25) is 12.7 Å². The summed E-state index contributed by atoms with van der Waals surface area (Å²) in [5, 5.41) is 3.56. The Morgan fingerprint density at radius 2 is 2.05 bits per heavy atom. The number of halogens is 1. The molecule has 0 fully saturated rings. The highest BCUT2D eigenvalue weighted by molar-refractivity contribution is 7.99. The van der Waals surface area contributed by atoms with E-state index in [1.54, 1.807) is 30.0 Å². The Bertz CT molecular complexity index is 693. The van der Waals surface area contributed by atoms with Crippen molar-refractivity contribution in [2.45, 2.75) is 11.3 Å². The summed E-state index contributed by atoms with van der Waals surface area (Å²) in [6.45, 7) is 0.225. The van der Waals surface area contributed by atoms with E-state index in [1.807, 2.05) is 24.3 Å². The molecule has 1 aliphatic heterocycles. The van der Waals surface area contributed by atoms with Crippen LogP contribution >= 0.6 is 23.4 Å². The molecular weight excluding hydrogens is 322 g/mol. The second-order valence-electron chi connectivity index (χ2n) is 4.67. The molecular formula is C16H14ClNO3S. The van der Waals surface area contributed by atoms with Crippen molar-refractivity contribution < 1.29 is 14.3 Å². The lowest BCUT2D eigenvalue weighted by Crippen LogP contribution is -2.12. The molecule has 0 bridgehead atoms. The largest absolute Gasteiger partial charge is 0.454 e. The third-order valence-electron chi connectivity index (χ3n) is 3.05. The number of nitrogens with one attached hydrogen (secondary N) is 1. The minimum absolute atomic E-state index is 0.0339. The van der Waals surface area contributed by atoms with Crippen LogP contribution in [-0.2, 0) is 4.79 Å². The molecule has 0 saturated heterocycles. The van der Waals surface area contributed by atoms with Crippen molar-refractivity contribution in [3.63, 3.8) is 0 Å². The van der Waals surface area contributed by atoms with Crippen LogP contribution in [0.2, 0.25) is 5.02 Å². The van der Waals surface area contributed by atoms with Gasteiger partial charge in [0.25, 0.3) is 0 Å². The Labute approximate surface area is 137 Å². The van der Waals surface area contributed by atoms with Gasteiger partial charge in [-0.15, -0.1) is 11.8 Å². The maximum atomic E-state index is 11.9. The lowest BCUT2D eigenvalue weighted by atomic mass is 10.2. The normalized spacial score (nSPS) is 12.2. The van der Waals surface area contributed by atoms with Crippen molar-refractivity contribution in [1.82, 2.24) is 0 Å². The van der Waals surface area contributed by atoms with E-state index in [4.69, 9.17) is 21.1 Å². The molecule has 0 spiro atoms. The number of rotatable bonds is 5. The summed E-state index contributed by atoms with van der Waals surface area (Å²) in [5.41, 5.74) is 0.710. The number of benzene rings is 2. The molecule has 1 amide bonds. The lowest BCUT2D eigenvalue weighted by molar-refractivity contribution is -0.115. The Hall–Kier alpha value is -1.85. The molecule has 1 aliphatic rings. The molecule has 2 aromatic carbocycles. The maximum absolute atomic E-state index is 11.9. The van der Waals surface area contributed by atoms with Crippen LogP contribution in [0.25, 0.3) is 0 Å². The molecule has 0 saturated carbocycles. The number of hydrogen-bond acceptors (Lipinski definition) is 4. The molecule has 0 atom stereocenters. The van der Waals surface area contributed by atoms with Gasteiger partial charge >= 0.3 is 0 Å². The zero-order valence-electron chi connectivity index (χ0n) is 11.7. The third-order valence-corrected chi connectivity index (χ3v) is 4.28. The number of carbonyl (C=O) groups is 1. The fourth-order valence-electron chi connectivity index (χ4n) is 2.02. The van der Waals surface area contributed by atoms with Crippen LogP contribution in [0, 0.1) is 0 Å². The lowest BCUT2D eigenvalue weighted by Gasteiger charge is -2.06. The van der Waals surface area contributed by atoms with Crippen molar-refractivity contribution in [2.75, 3.05) is 17.9 Å². The molecule has 6 heteroatoms. The Kier molecular flexibility index (Phi) is 4.75. The summed E-state index contributed by atoms with van der Waals surface area (Å²) in [6, 6.07) is 13.0. The first-order chi connectivity index (χ1) is 10.7. The Balaban J connectivity index is 1.48. The minimum Gasteiger partial charge on any atom is -0.454 e. The van der Waals surface area contributed by atoms with E-state index in [0.29, 0.717) is 34.4 Å². The topological polar surface area (TPSA) is 47.6 Å². The average molecular weight is 336 g/mol. The highest BCUT2D eigenvalue weighted by Gasteiger charge is 2.14. The van der Waals surface area contributed by atoms with Crippen molar-refractivity contribution in [3.8, 4) is 11.5 Å². The summed E-state index contributed by atoms with van der Waals surface area (Å²) in [6.07, 6.45) is 0.422. The highest BCUT2D eigenvalue weighted by atomic mass is 35.5. The van der Waals surface area contributed by atoms with E-state index >= 15 is 0 Å². The molecule has 114 valence electrons. The summed E-state index contributed by atoms with van der Waals surface area (Å²) >= 11 is 7.53. The van der Waals surface area contributed by atoms with Crippen LogP contribution in [0.3, 0.4) is 0 Å². The quantitative estimate of drug-likeness (QED) is 0.832. The Morgan fingerprint density at radius 1 is 1.18 bits per heavy atom. The smallest absolute Gasteiger partial charge is 0.231 e. The molecule has 0 aliphatic carbocycles. The van der Waals surface area contributed by atoms with Crippen LogP contribution in [0.5, 0.6) is 11.5 Å². The van der Waals surface area contributed by atoms with Crippen LogP contribution in [0.4, 0.5) is 5.69 Å². The van der Waals surface area contributed by atoms with Gasteiger partial charge in [-0.25, -0.2) is 0 Å². The van der Waals surface area contributed by atoms with E-state index in [2.05, 4.69) is 5.32 Å². The summed E-state index contributed by atoms with van der Waals surface area (Å²) in [7, 11) is 0. The van der Waals surface area contributed by atoms with Crippen LogP contribution in [0.1, 0.15) is 6.42 Å². The predicted octanol–water partition coefficient (Wildman–Crippen LogP) is 4.19. The van der Waals surface area contributed by atoms with E-state index in [-0.39, 0.29) is 12.7 Å². The molecule has 3 rings (SSSR count). The second kappa shape index (κ2) is 6.94. The van der Waals surface area contributed by atoms with E-state index < -0.39 is 0 Å². The fraction of sp³-hybridized carbons (Fsp3) is 0.188.